The molecule has 26 heavy (non-hydrogen) atoms. The van der Waals surface area contributed by atoms with E-state index in [1.54, 1.807) is 24.1 Å². The van der Waals surface area contributed by atoms with Gasteiger partial charge in [-0.2, -0.15) is 5.10 Å². The number of piperidine rings is 1. The lowest BCUT2D eigenvalue weighted by atomic mass is 9.73. The van der Waals surface area contributed by atoms with Gasteiger partial charge >= 0.3 is 0 Å². The number of carbonyl (C=O) groups excluding carboxylic acids is 1. The number of hydrogen-bond donors (Lipinski definition) is 0. The van der Waals surface area contributed by atoms with Gasteiger partial charge in [-0.05, 0) is 38.0 Å². The highest BCUT2D eigenvalue weighted by Gasteiger charge is 2.55. The van der Waals surface area contributed by atoms with Crippen LogP contribution in [0.4, 0.5) is 5.69 Å². The van der Waals surface area contributed by atoms with Crippen LogP contribution in [0.15, 0.2) is 36.5 Å². The van der Waals surface area contributed by atoms with Crippen LogP contribution in [0.5, 0.6) is 0 Å². The summed E-state index contributed by atoms with van der Waals surface area (Å²) in [5.41, 5.74) is 3.15. The molecule has 2 saturated heterocycles. The predicted octanol–water partition coefficient (Wildman–Crippen LogP) is 2.24. The molecule has 2 fully saturated rings. The Hall–Kier alpha value is -2.34. The third-order valence-electron chi connectivity index (χ3n) is 6.07. The summed E-state index contributed by atoms with van der Waals surface area (Å²) in [7, 11) is 3.61. The minimum Gasteiger partial charge on any atom is -0.377 e. The third-order valence-corrected chi connectivity index (χ3v) is 6.07. The summed E-state index contributed by atoms with van der Waals surface area (Å²) in [5, 5.41) is 4.11. The number of ether oxygens (including phenoxy) is 1. The maximum Gasteiger partial charge on any atom is 0.272 e. The van der Waals surface area contributed by atoms with Gasteiger partial charge in [-0.15, -0.1) is 0 Å². The fourth-order valence-corrected chi connectivity index (χ4v) is 4.39. The molecule has 1 spiro atoms. The number of hydrogen-bond acceptors (Lipinski definition) is 4. The molecule has 2 aromatic rings. The van der Waals surface area contributed by atoms with Crippen molar-refractivity contribution in [2.75, 3.05) is 31.6 Å². The van der Waals surface area contributed by atoms with Gasteiger partial charge < -0.3 is 14.5 Å². The Kier molecular flexibility index (Phi) is 4.23. The summed E-state index contributed by atoms with van der Waals surface area (Å²) in [6.07, 6.45) is 3.73. The van der Waals surface area contributed by atoms with E-state index in [9.17, 15) is 4.79 Å². The van der Waals surface area contributed by atoms with Crippen LogP contribution < -0.4 is 4.90 Å². The van der Waals surface area contributed by atoms with Gasteiger partial charge in [0.1, 0.15) is 5.69 Å². The average Bonchev–Trinajstić information content (AvgIpc) is 3.08. The lowest BCUT2D eigenvalue weighted by Crippen LogP contribution is -2.74. The molecule has 1 aromatic carbocycles. The van der Waals surface area contributed by atoms with Crippen LogP contribution in [-0.2, 0) is 11.8 Å². The number of amides is 1. The van der Waals surface area contributed by atoms with Gasteiger partial charge in [-0.1, -0.05) is 17.7 Å². The number of nitrogens with zero attached hydrogens (tertiary/aromatic N) is 4. The standard InChI is InChI=1S/C20H26N4O2/c1-15-4-6-16(7-5-15)24-14-18(26-3)20(24)9-12-23(13-10-20)19(25)17-8-11-21-22(17)2/h4-8,11,18H,9-10,12-14H2,1-3H3/t18-/m0/s1. The van der Waals surface area contributed by atoms with E-state index in [-0.39, 0.29) is 17.6 Å². The summed E-state index contributed by atoms with van der Waals surface area (Å²) < 4.78 is 7.43. The number of methoxy groups -OCH3 is 1. The highest BCUT2D eigenvalue weighted by molar-refractivity contribution is 5.92. The van der Waals surface area contributed by atoms with Crippen molar-refractivity contribution < 1.29 is 9.53 Å². The van der Waals surface area contributed by atoms with Crippen LogP contribution in [0.25, 0.3) is 0 Å². The van der Waals surface area contributed by atoms with Crippen molar-refractivity contribution in [3.63, 3.8) is 0 Å². The normalized spacial score (nSPS) is 21.7. The Bertz CT molecular complexity index is 790. The maximum atomic E-state index is 12.8. The fourth-order valence-electron chi connectivity index (χ4n) is 4.39. The molecule has 6 heteroatoms. The van der Waals surface area contributed by atoms with Crippen molar-refractivity contribution in [2.45, 2.75) is 31.4 Å². The molecule has 1 amide bonds. The summed E-state index contributed by atoms with van der Waals surface area (Å²) in [6.45, 7) is 4.50. The van der Waals surface area contributed by atoms with Gasteiger partial charge in [-0.25, -0.2) is 0 Å². The first kappa shape index (κ1) is 17.1. The second-order valence-corrected chi connectivity index (χ2v) is 7.41. The van der Waals surface area contributed by atoms with Gasteiger partial charge in [0.25, 0.3) is 5.91 Å². The molecule has 1 aromatic heterocycles. The molecule has 0 N–H and O–H groups in total. The predicted molar refractivity (Wildman–Crippen MR) is 100 cm³/mol. The topological polar surface area (TPSA) is 50.6 Å². The Balaban J connectivity index is 1.51. The van der Waals surface area contributed by atoms with E-state index in [0.29, 0.717) is 5.69 Å². The Labute approximate surface area is 154 Å². The molecule has 6 nitrogen and oxygen atoms in total. The lowest BCUT2D eigenvalue weighted by Gasteiger charge is -2.61. The number of anilines is 1. The maximum absolute atomic E-state index is 12.8. The van der Waals surface area contributed by atoms with E-state index in [1.165, 1.54) is 11.3 Å². The SMILES string of the molecule is CO[C@H]1CN(c2ccc(C)cc2)C12CCN(C(=O)c1ccnn1C)CC2. The summed E-state index contributed by atoms with van der Waals surface area (Å²) >= 11 is 0. The van der Waals surface area contributed by atoms with Crippen LogP contribution in [-0.4, -0.2) is 59.0 Å². The van der Waals surface area contributed by atoms with E-state index >= 15 is 0 Å². The minimum atomic E-state index is -0.00670. The molecule has 0 saturated carbocycles. The van der Waals surface area contributed by atoms with Crippen molar-refractivity contribution >= 4 is 11.6 Å². The first-order valence-electron chi connectivity index (χ1n) is 9.19. The Morgan fingerprint density at radius 2 is 1.88 bits per heavy atom. The van der Waals surface area contributed by atoms with Crippen molar-refractivity contribution in [3.8, 4) is 0 Å². The van der Waals surface area contributed by atoms with Crippen molar-refractivity contribution in [2.24, 2.45) is 7.05 Å². The van der Waals surface area contributed by atoms with Gasteiger partial charge in [0.05, 0.1) is 11.6 Å². The molecule has 3 heterocycles. The minimum absolute atomic E-state index is 0.00670. The monoisotopic (exact) mass is 354 g/mol. The van der Waals surface area contributed by atoms with Crippen LogP contribution in [0.2, 0.25) is 0 Å². The smallest absolute Gasteiger partial charge is 0.272 e. The molecule has 0 radical (unpaired) electrons. The van der Waals surface area contributed by atoms with E-state index in [1.807, 2.05) is 11.9 Å². The number of aromatic nitrogens is 2. The Morgan fingerprint density at radius 1 is 1.19 bits per heavy atom. The molecule has 2 aliphatic rings. The van der Waals surface area contributed by atoms with E-state index in [2.05, 4.69) is 41.2 Å². The van der Waals surface area contributed by atoms with Crippen molar-refractivity contribution in [1.29, 1.82) is 0 Å². The van der Waals surface area contributed by atoms with Crippen molar-refractivity contribution in [3.05, 3.63) is 47.8 Å². The number of aryl methyl sites for hydroxylation is 2. The zero-order valence-electron chi connectivity index (χ0n) is 15.7. The largest absolute Gasteiger partial charge is 0.377 e. The zero-order valence-corrected chi connectivity index (χ0v) is 15.7. The molecule has 4 rings (SSSR count). The molecule has 0 unspecified atom stereocenters. The molecule has 138 valence electrons. The van der Waals surface area contributed by atoms with Gasteiger partial charge in [-0.3, -0.25) is 9.48 Å². The zero-order chi connectivity index (χ0) is 18.3. The van der Waals surface area contributed by atoms with E-state index in [4.69, 9.17) is 4.74 Å². The van der Waals surface area contributed by atoms with Gasteiger partial charge in [0.2, 0.25) is 0 Å². The number of carbonyl (C=O) groups is 1. The number of benzene rings is 1. The Morgan fingerprint density at radius 3 is 2.46 bits per heavy atom. The van der Waals surface area contributed by atoms with Crippen LogP contribution in [0.3, 0.4) is 0 Å². The number of likely N-dealkylation sites (tertiary alicyclic amines) is 1. The first-order valence-corrected chi connectivity index (χ1v) is 9.19. The molecule has 1 atom stereocenters. The molecular weight excluding hydrogens is 328 g/mol. The second kappa shape index (κ2) is 6.43. The van der Waals surface area contributed by atoms with Gasteiger partial charge in [0.15, 0.2) is 0 Å². The first-order chi connectivity index (χ1) is 12.5. The van der Waals surface area contributed by atoms with E-state index < -0.39 is 0 Å². The summed E-state index contributed by atoms with van der Waals surface area (Å²) in [5.74, 6) is 0.0648. The van der Waals surface area contributed by atoms with Crippen LogP contribution in [0, 0.1) is 6.92 Å². The quantitative estimate of drug-likeness (QED) is 0.848. The lowest BCUT2D eigenvalue weighted by molar-refractivity contribution is -0.0434. The third kappa shape index (κ3) is 2.60. The van der Waals surface area contributed by atoms with Crippen molar-refractivity contribution in [1.82, 2.24) is 14.7 Å². The fraction of sp³-hybridized carbons (Fsp3) is 0.500. The highest BCUT2D eigenvalue weighted by atomic mass is 16.5. The summed E-state index contributed by atoms with van der Waals surface area (Å²) in [4.78, 5) is 17.2. The van der Waals surface area contributed by atoms with E-state index in [0.717, 1.165) is 32.5 Å². The highest BCUT2D eigenvalue weighted by Crippen LogP contribution is 2.44. The summed E-state index contributed by atoms with van der Waals surface area (Å²) in [6, 6.07) is 10.5. The molecule has 0 bridgehead atoms. The molecular formula is C20H26N4O2. The van der Waals surface area contributed by atoms with Crippen LogP contribution >= 0.6 is 0 Å². The second-order valence-electron chi connectivity index (χ2n) is 7.41. The average molecular weight is 354 g/mol. The number of rotatable bonds is 3. The molecule has 0 aliphatic carbocycles. The van der Waals surface area contributed by atoms with Gasteiger partial charge in [0, 0.05) is 45.7 Å². The van der Waals surface area contributed by atoms with Crippen LogP contribution in [0.1, 0.15) is 28.9 Å². The molecule has 2 aliphatic heterocycles.